The van der Waals surface area contributed by atoms with Gasteiger partial charge in [-0.05, 0) is 47.0 Å². The summed E-state index contributed by atoms with van der Waals surface area (Å²) >= 11 is 3.43. The quantitative estimate of drug-likeness (QED) is 0.858. The Kier molecular flexibility index (Phi) is 3.76. The van der Waals surface area contributed by atoms with Crippen LogP contribution in [-0.2, 0) is 13.0 Å². The van der Waals surface area contributed by atoms with E-state index >= 15 is 0 Å². The lowest BCUT2D eigenvalue weighted by atomic mass is 10.1. The second-order valence-electron chi connectivity index (χ2n) is 5.37. The molecule has 21 heavy (non-hydrogen) atoms. The first kappa shape index (κ1) is 14.2. The number of hydrogen-bond donors (Lipinski definition) is 0. The van der Waals surface area contributed by atoms with Gasteiger partial charge in [0.1, 0.15) is 0 Å². The summed E-state index contributed by atoms with van der Waals surface area (Å²) in [6.07, 6.45) is 4.37. The monoisotopic (exact) mass is 345 g/mol. The van der Waals surface area contributed by atoms with E-state index in [0.717, 1.165) is 27.8 Å². The fourth-order valence-corrected chi connectivity index (χ4v) is 3.18. The Labute approximate surface area is 132 Å². The van der Waals surface area contributed by atoms with Gasteiger partial charge in [0.15, 0.2) is 0 Å². The Hall–Kier alpha value is -1.75. The lowest BCUT2D eigenvalue weighted by Crippen LogP contribution is -2.26. The van der Waals surface area contributed by atoms with Crippen LogP contribution in [0.5, 0.6) is 0 Å². The van der Waals surface area contributed by atoms with Crippen LogP contribution in [0.4, 0.5) is 0 Å². The van der Waals surface area contributed by atoms with Crippen LogP contribution >= 0.6 is 15.9 Å². The Bertz CT molecular complexity index is 715. The molecule has 108 valence electrons. The molecule has 0 N–H and O–H groups in total. The number of pyridine rings is 2. The predicted octanol–water partition coefficient (Wildman–Crippen LogP) is 3.05. The molecule has 0 saturated carbocycles. The van der Waals surface area contributed by atoms with Crippen molar-refractivity contribution in [2.75, 3.05) is 6.54 Å². The first-order valence-electron chi connectivity index (χ1n) is 6.91. The third kappa shape index (κ3) is 2.70. The first-order valence-corrected chi connectivity index (χ1v) is 7.70. The average molecular weight is 346 g/mol. The minimum atomic E-state index is 0.0507. The van der Waals surface area contributed by atoms with Crippen molar-refractivity contribution in [2.24, 2.45) is 0 Å². The zero-order valence-electron chi connectivity index (χ0n) is 12.1. The summed E-state index contributed by atoms with van der Waals surface area (Å²) in [6.45, 7) is 5.35. The standard InChI is InChI=1S/C16H16BrN3O/c1-10-7-11(2)13(19-8-10)4-6-20-9-14-15(16(20)21)12(17)3-5-18-14/h3,5,7-8H,4,6,9H2,1-2H3. The van der Waals surface area contributed by atoms with Crippen LogP contribution in [0.1, 0.15) is 32.9 Å². The lowest BCUT2D eigenvalue weighted by Gasteiger charge is -2.15. The summed E-state index contributed by atoms with van der Waals surface area (Å²) in [4.78, 5) is 23.0. The third-order valence-corrected chi connectivity index (χ3v) is 4.42. The number of halogens is 1. The molecule has 2 aromatic rings. The van der Waals surface area contributed by atoms with Gasteiger partial charge in [-0.1, -0.05) is 6.07 Å². The number of amides is 1. The highest BCUT2D eigenvalue weighted by atomic mass is 79.9. The van der Waals surface area contributed by atoms with Crippen molar-refractivity contribution in [3.05, 3.63) is 57.1 Å². The van der Waals surface area contributed by atoms with Crippen molar-refractivity contribution in [3.63, 3.8) is 0 Å². The molecule has 3 rings (SSSR count). The largest absolute Gasteiger partial charge is 0.332 e. The number of hydrogen-bond acceptors (Lipinski definition) is 3. The fraction of sp³-hybridized carbons (Fsp3) is 0.312. The highest BCUT2D eigenvalue weighted by Crippen LogP contribution is 2.27. The smallest absolute Gasteiger partial charge is 0.257 e. The first-order chi connectivity index (χ1) is 10.1. The van der Waals surface area contributed by atoms with E-state index in [-0.39, 0.29) is 5.91 Å². The number of aryl methyl sites for hydroxylation is 2. The molecule has 1 aliphatic heterocycles. The summed E-state index contributed by atoms with van der Waals surface area (Å²) in [5, 5.41) is 0. The van der Waals surface area contributed by atoms with Crippen molar-refractivity contribution in [1.29, 1.82) is 0 Å². The molecule has 1 aliphatic rings. The Morgan fingerprint density at radius 3 is 2.86 bits per heavy atom. The maximum absolute atomic E-state index is 12.4. The minimum absolute atomic E-state index is 0.0507. The van der Waals surface area contributed by atoms with Crippen LogP contribution in [0.2, 0.25) is 0 Å². The summed E-state index contributed by atoms with van der Waals surface area (Å²) < 4.78 is 0.824. The summed E-state index contributed by atoms with van der Waals surface area (Å²) in [7, 11) is 0. The van der Waals surface area contributed by atoms with Crippen LogP contribution in [0.25, 0.3) is 0 Å². The normalized spacial score (nSPS) is 13.7. The zero-order chi connectivity index (χ0) is 15.0. The molecule has 0 aliphatic carbocycles. The molecule has 0 fully saturated rings. The molecule has 0 bridgehead atoms. The van der Waals surface area contributed by atoms with Crippen LogP contribution in [0, 0.1) is 13.8 Å². The molecule has 0 unspecified atom stereocenters. The van der Waals surface area contributed by atoms with Gasteiger partial charge in [0, 0.05) is 35.5 Å². The fourth-order valence-electron chi connectivity index (χ4n) is 2.66. The molecule has 4 nitrogen and oxygen atoms in total. The molecule has 0 spiro atoms. The molecule has 0 aromatic carbocycles. The van der Waals surface area contributed by atoms with Gasteiger partial charge in [-0.15, -0.1) is 0 Å². The SMILES string of the molecule is Cc1cnc(CCN2Cc3nccc(Br)c3C2=O)c(C)c1. The van der Waals surface area contributed by atoms with Crippen LogP contribution in [0.3, 0.4) is 0 Å². The van der Waals surface area contributed by atoms with Gasteiger partial charge < -0.3 is 4.90 Å². The Morgan fingerprint density at radius 1 is 1.33 bits per heavy atom. The van der Waals surface area contributed by atoms with E-state index in [4.69, 9.17) is 0 Å². The van der Waals surface area contributed by atoms with Crippen LogP contribution < -0.4 is 0 Å². The molecule has 0 radical (unpaired) electrons. The minimum Gasteiger partial charge on any atom is -0.332 e. The Morgan fingerprint density at radius 2 is 2.14 bits per heavy atom. The highest BCUT2D eigenvalue weighted by Gasteiger charge is 2.30. The number of fused-ring (bicyclic) bond motifs is 1. The predicted molar refractivity (Wildman–Crippen MR) is 84.1 cm³/mol. The average Bonchev–Trinajstić information content (AvgIpc) is 2.76. The lowest BCUT2D eigenvalue weighted by molar-refractivity contribution is 0.0779. The number of carbonyl (C=O) groups is 1. The van der Waals surface area contributed by atoms with E-state index in [1.807, 2.05) is 24.1 Å². The third-order valence-electron chi connectivity index (χ3n) is 3.76. The number of aromatic nitrogens is 2. The van der Waals surface area contributed by atoms with Crippen molar-refractivity contribution in [2.45, 2.75) is 26.8 Å². The molecular weight excluding hydrogens is 330 g/mol. The van der Waals surface area contributed by atoms with Gasteiger partial charge >= 0.3 is 0 Å². The molecular formula is C16H16BrN3O. The topological polar surface area (TPSA) is 46.1 Å². The van der Waals surface area contributed by atoms with Crippen LogP contribution in [-0.4, -0.2) is 27.3 Å². The van der Waals surface area contributed by atoms with Gasteiger partial charge in [-0.3, -0.25) is 14.8 Å². The maximum atomic E-state index is 12.4. The molecule has 5 heteroatoms. The summed E-state index contributed by atoms with van der Waals surface area (Å²) in [5.74, 6) is 0.0507. The van der Waals surface area contributed by atoms with Gasteiger partial charge in [0.05, 0.1) is 17.8 Å². The van der Waals surface area contributed by atoms with Gasteiger partial charge in [0.2, 0.25) is 0 Å². The van der Waals surface area contributed by atoms with Gasteiger partial charge in [-0.25, -0.2) is 0 Å². The number of rotatable bonds is 3. The van der Waals surface area contributed by atoms with Crippen LogP contribution in [0.15, 0.2) is 29.0 Å². The maximum Gasteiger partial charge on any atom is 0.257 e. The van der Waals surface area contributed by atoms with E-state index in [9.17, 15) is 4.79 Å². The van der Waals surface area contributed by atoms with E-state index in [1.54, 1.807) is 6.20 Å². The van der Waals surface area contributed by atoms with Gasteiger partial charge in [-0.2, -0.15) is 0 Å². The molecule has 3 heterocycles. The molecule has 2 aromatic heterocycles. The molecule has 0 saturated heterocycles. The highest BCUT2D eigenvalue weighted by molar-refractivity contribution is 9.10. The molecule has 0 atom stereocenters. The van der Waals surface area contributed by atoms with E-state index in [0.29, 0.717) is 18.7 Å². The van der Waals surface area contributed by atoms with Crippen molar-refractivity contribution in [3.8, 4) is 0 Å². The Balaban J connectivity index is 1.73. The second-order valence-corrected chi connectivity index (χ2v) is 6.22. The van der Waals surface area contributed by atoms with E-state index in [1.165, 1.54) is 5.56 Å². The van der Waals surface area contributed by atoms with Crippen molar-refractivity contribution >= 4 is 21.8 Å². The number of nitrogens with zero attached hydrogens (tertiary/aromatic N) is 3. The zero-order valence-corrected chi connectivity index (χ0v) is 13.6. The van der Waals surface area contributed by atoms with Crippen molar-refractivity contribution < 1.29 is 4.79 Å². The number of carbonyl (C=O) groups excluding carboxylic acids is 1. The van der Waals surface area contributed by atoms with Crippen molar-refractivity contribution in [1.82, 2.24) is 14.9 Å². The van der Waals surface area contributed by atoms with E-state index in [2.05, 4.69) is 38.9 Å². The second kappa shape index (κ2) is 5.56. The van der Waals surface area contributed by atoms with E-state index < -0.39 is 0 Å². The summed E-state index contributed by atoms with van der Waals surface area (Å²) in [5.41, 5.74) is 4.94. The summed E-state index contributed by atoms with van der Waals surface area (Å²) in [6, 6.07) is 3.94. The van der Waals surface area contributed by atoms with Gasteiger partial charge in [0.25, 0.3) is 5.91 Å². The molecule has 1 amide bonds.